The number of benzene rings is 2. The number of rotatable bonds is 7. The average molecular weight is 603 g/mol. The van der Waals surface area contributed by atoms with Gasteiger partial charge >= 0.3 is 0 Å². The van der Waals surface area contributed by atoms with E-state index in [0.29, 0.717) is 25.2 Å². The number of piperazine rings is 1. The van der Waals surface area contributed by atoms with E-state index in [9.17, 15) is 9.59 Å². The molecule has 4 rings (SSSR count). The third-order valence-electron chi connectivity index (χ3n) is 6.45. The first-order chi connectivity index (χ1) is 16.7. The number of carbonyl (C=O) groups is 2. The monoisotopic (exact) mass is 601 g/mol. The van der Waals surface area contributed by atoms with Crippen molar-refractivity contribution in [2.75, 3.05) is 13.1 Å². The average Bonchev–Trinajstić information content (AvgIpc) is 3.30. The summed E-state index contributed by atoms with van der Waals surface area (Å²) in [7, 11) is 0. The van der Waals surface area contributed by atoms with Crippen LogP contribution >= 0.6 is 31.9 Å². The smallest absolute Gasteiger partial charge is 0.225 e. The third-order valence-corrected chi connectivity index (χ3v) is 7.47. The van der Waals surface area contributed by atoms with Crippen molar-refractivity contribution in [1.82, 2.24) is 24.8 Å². The molecule has 35 heavy (non-hydrogen) atoms. The molecule has 0 spiro atoms. The normalized spacial score (nSPS) is 19.5. The highest BCUT2D eigenvalue weighted by Crippen LogP contribution is 2.22. The van der Waals surface area contributed by atoms with E-state index in [-0.39, 0.29) is 36.1 Å². The Morgan fingerprint density at radius 3 is 2.37 bits per heavy atom. The minimum absolute atomic E-state index is 0.0132. The molecule has 1 unspecified atom stereocenters. The number of carbonyl (C=O) groups excluding carboxylic acids is 2. The topological polar surface area (TPSA) is 71.3 Å². The lowest BCUT2D eigenvalue weighted by atomic mass is 9.97. The SMILES string of the molecule is CC(CC(=O)c1cccc(Br)c1)C(=O)N1C[C@@H](C)N(Cc2cn(-c3ccc(Br)cc3)nn2)[C@@H](C)C1. The Hall–Kier alpha value is -2.36. The zero-order valence-corrected chi connectivity index (χ0v) is 23.2. The van der Waals surface area contributed by atoms with Crippen molar-refractivity contribution in [3.05, 3.63) is 74.9 Å². The van der Waals surface area contributed by atoms with E-state index in [1.165, 1.54) is 0 Å². The van der Waals surface area contributed by atoms with Crippen LogP contribution in [0.2, 0.25) is 0 Å². The molecule has 0 saturated carbocycles. The van der Waals surface area contributed by atoms with Gasteiger partial charge in [-0.2, -0.15) is 0 Å². The standard InChI is InChI=1S/C26H29Br2N5O2/c1-17(11-25(34)20-5-4-6-22(28)12-20)26(35)31-13-18(2)32(19(3)14-31)15-23-16-33(30-29-23)24-9-7-21(27)8-10-24/h4-10,12,16-19H,11,13-15H2,1-3H3/t17?,18-,19+. The molecule has 1 aliphatic rings. The lowest BCUT2D eigenvalue weighted by Crippen LogP contribution is -2.58. The van der Waals surface area contributed by atoms with Crippen LogP contribution in [0, 0.1) is 5.92 Å². The number of aromatic nitrogens is 3. The molecule has 3 atom stereocenters. The van der Waals surface area contributed by atoms with Gasteiger partial charge in [-0.25, -0.2) is 4.68 Å². The lowest BCUT2D eigenvalue weighted by molar-refractivity contribution is -0.139. The molecule has 0 bridgehead atoms. The molecule has 3 aromatic rings. The van der Waals surface area contributed by atoms with Gasteiger partial charge in [-0.05, 0) is 50.2 Å². The van der Waals surface area contributed by atoms with Crippen LogP contribution in [0.15, 0.2) is 63.7 Å². The van der Waals surface area contributed by atoms with Crippen molar-refractivity contribution in [3.63, 3.8) is 0 Å². The summed E-state index contributed by atoms with van der Waals surface area (Å²) in [5.41, 5.74) is 2.47. The van der Waals surface area contributed by atoms with Gasteiger partial charge in [0.1, 0.15) is 0 Å². The molecule has 2 heterocycles. The Bertz CT molecular complexity index is 1180. The Morgan fingerprint density at radius 1 is 1.03 bits per heavy atom. The molecule has 1 aromatic heterocycles. The fourth-order valence-corrected chi connectivity index (χ4v) is 5.25. The van der Waals surface area contributed by atoms with Crippen molar-refractivity contribution in [1.29, 1.82) is 0 Å². The van der Waals surface area contributed by atoms with Crippen LogP contribution < -0.4 is 0 Å². The maximum absolute atomic E-state index is 13.2. The quantitative estimate of drug-likeness (QED) is 0.351. The Kier molecular flexibility index (Phi) is 8.19. The van der Waals surface area contributed by atoms with Crippen LogP contribution in [0.1, 0.15) is 43.2 Å². The molecule has 0 N–H and O–H groups in total. The summed E-state index contributed by atoms with van der Waals surface area (Å²) in [4.78, 5) is 30.1. The Morgan fingerprint density at radius 2 is 1.71 bits per heavy atom. The fraction of sp³-hybridized carbons (Fsp3) is 0.385. The van der Waals surface area contributed by atoms with E-state index >= 15 is 0 Å². The minimum atomic E-state index is -0.363. The van der Waals surface area contributed by atoms with E-state index in [2.05, 4.69) is 60.9 Å². The Balaban J connectivity index is 1.35. The lowest BCUT2D eigenvalue weighted by Gasteiger charge is -2.44. The van der Waals surface area contributed by atoms with Crippen LogP contribution in [0.3, 0.4) is 0 Å². The molecule has 1 saturated heterocycles. The summed E-state index contributed by atoms with van der Waals surface area (Å²) >= 11 is 6.86. The molecule has 1 aliphatic heterocycles. The molecule has 9 heteroatoms. The third kappa shape index (κ3) is 6.26. The first-order valence-corrected chi connectivity index (χ1v) is 13.3. The highest BCUT2D eigenvalue weighted by Gasteiger charge is 2.34. The van der Waals surface area contributed by atoms with Gasteiger partial charge in [0.05, 0.1) is 17.6 Å². The van der Waals surface area contributed by atoms with Crippen molar-refractivity contribution >= 4 is 43.6 Å². The number of halogens is 2. The largest absolute Gasteiger partial charge is 0.339 e. The molecular formula is C26H29Br2N5O2. The number of nitrogens with zero attached hydrogens (tertiary/aromatic N) is 5. The van der Waals surface area contributed by atoms with Gasteiger partial charge in [0.15, 0.2) is 5.78 Å². The number of Topliss-reactive ketones (excluding diaryl/α,β-unsaturated/α-hetero) is 1. The van der Waals surface area contributed by atoms with Crippen molar-refractivity contribution < 1.29 is 9.59 Å². The maximum Gasteiger partial charge on any atom is 0.225 e. The second-order valence-electron chi connectivity index (χ2n) is 9.28. The molecule has 7 nitrogen and oxygen atoms in total. The summed E-state index contributed by atoms with van der Waals surface area (Å²) < 4.78 is 3.65. The molecule has 2 aromatic carbocycles. The molecular weight excluding hydrogens is 574 g/mol. The number of ketones is 1. The van der Waals surface area contributed by atoms with Gasteiger partial charge in [-0.3, -0.25) is 14.5 Å². The van der Waals surface area contributed by atoms with Crippen molar-refractivity contribution in [3.8, 4) is 5.69 Å². The summed E-state index contributed by atoms with van der Waals surface area (Å²) in [6, 6.07) is 15.6. The Labute approximate surface area is 222 Å². The van der Waals surface area contributed by atoms with E-state index in [1.54, 1.807) is 16.8 Å². The van der Waals surface area contributed by atoms with E-state index in [4.69, 9.17) is 0 Å². The molecule has 184 valence electrons. The molecule has 1 fully saturated rings. The predicted octanol–water partition coefficient (Wildman–Crippen LogP) is 5.12. The van der Waals surface area contributed by atoms with Crippen LogP contribution in [0.4, 0.5) is 0 Å². The summed E-state index contributed by atoms with van der Waals surface area (Å²) in [5.74, 6) is -0.341. The molecule has 0 radical (unpaired) electrons. The zero-order valence-electron chi connectivity index (χ0n) is 20.1. The van der Waals surface area contributed by atoms with E-state index < -0.39 is 0 Å². The first-order valence-electron chi connectivity index (χ1n) is 11.7. The fourth-order valence-electron chi connectivity index (χ4n) is 4.58. The van der Waals surface area contributed by atoms with Crippen LogP contribution in [-0.2, 0) is 11.3 Å². The van der Waals surface area contributed by atoms with E-state index in [0.717, 1.165) is 20.3 Å². The number of amides is 1. The number of hydrogen-bond donors (Lipinski definition) is 0. The van der Waals surface area contributed by atoms with Crippen molar-refractivity contribution in [2.24, 2.45) is 5.92 Å². The van der Waals surface area contributed by atoms with Gasteiger partial charge in [0.25, 0.3) is 0 Å². The van der Waals surface area contributed by atoms with Crippen molar-refractivity contribution in [2.45, 2.75) is 45.8 Å². The summed E-state index contributed by atoms with van der Waals surface area (Å²) in [6.07, 6.45) is 2.16. The molecule has 1 amide bonds. The second kappa shape index (κ2) is 11.1. The second-order valence-corrected chi connectivity index (χ2v) is 11.1. The number of hydrogen-bond acceptors (Lipinski definition) is 5. The summed E-state index contributed by atoms with van der Waals surface area (Å²) in [5, 5.41) is 8.65. The first kappa shape index (κ1) is 25.7. The van der Waals surface area contributed by atoms with E-state index in [1.807, 2.05) is 54.4 Å². The predicted molar refractivity (Wildman–Crippen MR) is 142 cm³/mol. The van der Waals surface area contributed by atoms with Crippen LogP contribution in [0.5, 0.6) is 0 Å². The van der Waals surface area contributed by atoms with Gasteiger partial charge in [-0.15, -0.1) is 5.10 Å². The van der Waals surface area contributed by atoms with Crippen LogP contribution in [-0.4, -0.2) is 61.7 Å². The highest BCUT2D eigenvalue weighted by molar-refractivity contribution is 9.10. The zero-order chi connectivity index (χ0) is 25.1. The molecule has 0 aliphatic carbocycles. The van der Waals surface area contributed by atoms with Crippen LogP contribution in [0.25, 0.3) is 5.69 Å². The van der Waals surface area contributed by atoms with Gasteiger partial charge in [-0.1, -0.05) is 56.1 Å². The van der Waals surface area contributed by atoms with Gasteiger partial charge in [0, 0.05) is 58.6 Å². The minimum Gasteiger partial charge on any atom is -0.339 e. The van der Waals surface area contributed by atoms with Gasteiger partial charge in [0.2, 0.25) is 5.91 Å². The summed E-state index contributed by atoms with van der Waals surface area (Å²) in [6.45, 7) is 8.02. The van der Waals surface area contributed by atoms with Gasteiger partial charge < -0.3 is 4.90 Å². The maximum atomic E-state index is 13.2. The highest BCUT2D eigenvalue weighted by atomic mass is 79.9.